The molecule has 0 saturated carbocycles. The van der Waals surface area contributed by atoms with Crippen LogP contribution in [-0.2, 0) is 6.61 Å². The van der Waals surface area contributed by atoms with E-state index in [0.29, 0.717) is 26.9 Å². The van der Waals surface area contributed by atoms with Crippen LogP contribution in [0.3, 0.4) is 0 Å². The normalized spacial score (nSPS) is 11.3. The Labute approximate surface area is 179 Å². The molecule has 4 nitrogen and oxygen atoms in total. The monoisotopic (exact) mass is 437 g/mol. The molecule has 3 aromatic carbocycles. The molecular weight excluding hydrogens is 425 g/mol. The van der Waals surface area contributed by atoms with Crippen molar-refractivity contribution in [2.45, 2.75) is 6.61 Å². The second kappa shape index (κ2) is 7.55. The highest BCUT2D eigenvalue weighted by Gasteiger charge is 2.14. The number of hydrogen-bond acceptors (Lipinski definition) is 5. The third-order valence-corrected chi connectivity index (χ3v) is 6.10. The quantitative estimate of drug-likeness (QED) is 0.303. The van der Waals surface area contributed by atoms with Gasteiger partial charge in [-0.05, 0) is 42.5 Å². The largest absolute Gasteiger partial charge is 0.489 e. The minimum atomic E-state index is -0.476. The molecule has 148 valence electrons. The Morgan fingerprint density at radius 3 is 2.77 bits per heavy atom. The smallest absolute Gasteiger partial charge is 0.346 e. The van der Waals surface area contributed by atoms with E-state index in [4.69, 9.17) is 20.8 Å². The summed E-state index contributed by atoms with van der Waals surface area (Å²) in [6, 6.07) is 19.1. The summed E-state index contributed by atoms with van der Waals surface area (Å²) in [5.41, 5.74) is 1.42. The van der Waals surface area contributed by atoms with Crippen molar-refractivity contribution in [1.29, 1.82) is 0 Å². The lowest BCUT2D eigenvalue weighted by molar-refractivity contribution is 0.300. The molecule has 0 radical (unpaired) electrons. The molecular formula is C23H13ClFNO3S. The summed E-state index contributed by atoms with van der Waals surface area (Å²) in [5, 5.41) is 1.64. The molecule has 0 aliphatic rings. The Bertz CT molecular complexity index is 1410. The van der Waals surface area contributed by atoms with Gasteiger partial charge in [0.1, 0.15) is 28.8 Å². The van der Waals surface area contributed by atoms with E-state index in [1.54, 1.807) is 30.3 Å². The highest BCUT2D eigenvalue weighted by atomic mass is 35.5. The van der Waals surface area contributed by atoms with Crippen LogP contribution in [0, 0.1) is 5.82 Å². The van der Waals surface area contributed by atoms with Crippen LogP contribution >= 0.6 is 22.9 Å². The first-order valence-electron chi connectivity index (χ1n) is 9.08. The fourth-order valence-corrected chi connectivity index (χ4v) is 4.33. The molecule has 0 fully saturated rings. The number of hydrogen-bond donors (Lipinski definition) is 0. The van der Waals surface area contributed by atoms with Crippen molar-refractivity contribution in [2.24, 2.45) is 0 Å². The molecule has 0 aliphatic carbocycles. The van der Waals surface area contributed by atoms with Crippen LogP contribution in [-0.4, -0.2) is 4.98 Å². The second-order valence-electron chi connectivity index (χ2n) is 6.62. The van der Waals surface area contributed by atoms with Crippen molar-refractivity contribution in [3.63, 3.8) is 0 Å². The fraction of sp³-hybridized carbons (Fsp3) is 0.0435. The predicted octanol–water partition coefficient (Wildman–Crippen LogP) is 6.44. The average Bonchev–Trinajstić information content (AvgIpc) is 3.17. The van der Waals surface area contributed by atoms with Gasteiger partial charge in [-0.1, -0.05) is 29.8 Å². The second-order valence-corrected chi connectivity index (χ2v) is 8.06. The van der Waals surface area contributed by atoms with E-state index in [1.165, 1.54) is 23.5 Å². The molecule has 0 unspecified atom stereocenters. The number of halogens is 2. The number of ether oxygens (including phenoxy) is 1. The van der Waals surface area contributed by atoms with Crippen LogP contribution < -0.4 is 10.4 Å². The number of aromatic nitrogens is 1. The average molecular weight is 438 g/mol. The maximum absolute atomic E-state index is 13.9. The molecule has 2 heterocycles. The Hall–Kier alpha value is -3.22. The van der Waals surface area contributed by atoms with E-state index in [1.807, 2.05) is 24.3 Å². The van der Waals surface area contributed by atoms with Crippen LogP contribution in [0.15, 0.2) is 75.9 Å². The van der Waals surface area contributed by atoms with Crippen molar-refractivity contribution < 1.29 is 13.5 Å². The molecule has 0 atom stereocenters. The van der Waals surface area contributed by atoms with Crippen molar-refractivity contribution in [3.8, 4) is 16.3 Å². The fourth-order valence-electron chi connectivity index (χ4n) is 3.14. The van der Waals surface area contributed by atoms with Crippen LogP contribution in [0.4, 0.5) is 4.39 Å². The zero-order valence-corrected chi connectivity index (χ0v) is 17.0. The van der Waals surface area contributed by atoms with Crippen molar-refractivity contribution >= 4 is 44.1 Å². The Kier molecular flexibility index (Phi) is 4.73. The molecule has 0 saturated heterocycles. The standard InChI is InChI=1S/C23H13ClFNO3S/c24-17-4-3-5-18(25)16(17)12-28-14-9-8-13-10-15(23(27)29-20(13)11-14)22-26-19-6-1-2-7-21(19)30-22/h1-11H,12H2. The van der Waals surface area contributed by atoms with E-state index in [0.717, 1.165) is 15.6 Å². The molecule has 0 spiro atoms. The third-order valence-electron chi connectivity index (χ3n) is 4.68. The SMILES string of the molecule is O=c1oc2cc(OCc3c(F)cccc3Cl)ccc2cc1-c1nc2ccccc2s1. The van der Waals surface area contributed by atoms with E-state index in [-0.39, 0.29) is 12.2 Å². The molecule has 5 aromatic rings. The van der Waals surface area contributed by atoms with Gasteiger partial charge in [0, 0.05) is 17.0 Å². The highest BCUT2D eigenvalue weighted by Crippen LogP contribution is 2.31. The first-order chi connectivity index (χ1) is 14.6. The maximum Gasteiger partial charge on any atom is 0.346 e. The summed E-state index contributed by atoms with van der Waals surface area (Å²) in [7, 11) is 0. The molecule has 0 amide bonds. The number of thiazole rings is 1. The van der Waals surface area contributed by atoms with Crippen LogP contribution in [0.25, 0.3) is 31.8 Å². The van der Waals surface area contributed by atoms with E-state index < -0.39 is 11.4 Å². The van der Waals surface area contributed by atoms with Crippen LogP contribution in [0.1, 0.15) is 5.56 Å². The molecule has 5 rings (SSSR count). The summed E-state index contributed by atoms with van der Waals surface area (Å²) < 4.78 is 26.1. The molecule has 2 aromatic heterocycles. The molecule has 0 N–H and O–H groups in total. The van der Waals surface area contributed by atoms with Crippen molar-refractivity contribution in [3.05, 3.63) is 93.6 Å². The van der Waals surface area contributed by atoms with Crippen LogP contribution in [0.2, 0.25) is 5.02 Å². The Morgan fingerprint density at radius 1 is 1.07 bits per heavy atom. The van der Waals surface area contributed by atoms with Gasteiger partial charge in [-0.25, -0.2) is 14.2 Å². The first-order valence-corrected chi connectivity index (χ1v) is 10.3. The predicted molar refractivity (Wildman–Crippen MR) is 117 cm³/mol. The summed E-state index contributed by atoms with van der Waals surface area (Å²) in [4.78, 5) is 17.1. The van der Waals surface area contributed by atoms with Gasteiger partial charge in [-0.3, -0.25) is 0 Å². The van der Waals surface area contributed by atoms with Gasteiger partial charge in [0.15, 0.2) is 0 Å². The van der Waals surface area contributed by atoms with Gasteiger partial charge in [0.05, 0.1) is 20.8 Å². The Balaban J connectivity index is 1.47. The lowest BCUT2D eigenvalue weighted by Crippen LogP contribution is -2.03. The third kappa shape index (κ3) is 3.44. The highest BCUT2D eigenvalue weighted by molar-refractivity contribution is 7.21. The maximum atomic E-state index is 13.9. The van der Waals surface area contributed by atoms with E-state index >= 15 is 0 Å². The lowest BCUT2D eigenvalue weighted by atomic mass is 10.2. The minimum Gasteiger partial charge on any atom is -0.489 e. The van der Waals surface area contributed by atoms with Crippen LogP contribution in [0.5, 0.6) is 5.75 Å². The summed E-state index contributed by atoms with van der Waals surface area (Å²) in [5.74, 6) is 0.00741. The zero-order chi connectivity index (χ0) is 20.7. The molecule has 30 heavy (non-hydrogen) atoms. The zero-order valence-electron chi connectivity index (χ0n) is 15.4. The van der Waals surface area contributed by atoms with E-state index in [9.17, 15) is 9.18 Å². The first kappa shape index (κ1) is 18.8. The van der Waals surface area contributed by atoms with Crippen molar-refractivity contribution in [1.82, 2.24) is 4.98 Å². The summed E-state index contributed by atoms with van der Waals surface area (Å²) in [6.45, 7) is -0.0367. The van der Waals surface area contributed by atoms with Crippen molar-refractivity contribution in [2.75, 3.05) is 0 Å². The van der Waals surface area contributed by atoms with E-state index in [2.05, 4.69) is 4.98 Å². The van der Waals surface area contributed by atoms with Gasteiger partial charge in [0.25, 0.3) is 0 Å². The number of fused-ring (bicyclic) bond motifs is 2. The topological polar surface area (TPSA) is 52.3 Å². The number of para-hydroxylation sites is 1. The number of benzene rings is 3. The molecule has 0 bridgehead atoms. The van der Waals surface area contributed by atoms with Gasteiger partial charge in [0.2, 0.25) is 0 Å². The van der Waals surface area contributed by atoms with Gasteiger partial charge in [-0.15, -0.1) is 11.3 Å². The number of nitrogens with zero attached hydrogens (tertiary/aromatic N) is 1. The molecule has 0 aliphatic heterocycles. The Morgan fingerprint density at radius 2 is 1.93 bits per heavy atom. The summed E-state index contributed by atoms with van der Waals surface area (Å²) >= 11 is 7.47. The summed E-state index contributed by atoms with van der Waals surface area (Å²) in [6.07, 6.45) is 0. The van der Waals surface area contributed by atoms with Gasteiger partial charge in [-0.2, -0.15) is 0 Å². The number of rotatable bonds is 4. The van der Waals surface area contributed by atoms with Gasteiger partial charge >= 0.3 is 5.63 Å². The lowest BCUT2D eigenvalue weighted by Gasteiger charge is -2.09. The minimum absolute atomic E-state index is 0.0367. The van der Waals surface area contributed by atoms with Gasteiger partial charge < -0.3 is 9.15 Å². The molecule has 7 heteroatoms.